The summed E-state index contributed by atoms with van der Waals surface area (Å²) in [5.41, 5.74) is 0. The van der Waals surface area contributed by atoms with Crippen LogP contribution in [0.2, 0.25) is 0 Å². The lowest BCUT2D eigenvalue weighted by Gasteiger charge is -2.22. The van der Waals surface area contributed by atoms with Gasteiger partial charge in [-0.1, -0.05) is 155 Å². The predicted molar refractivity (Wildman–Crippen MR) is 166 cm³/mol. The molecule has 0 amide bonds. The SMILES string of the molecule is CCCCCCCCCCCCCCN(CCCCCCCCCCCCCC)CCCOCCOC. The summed E-state index contributed by atoms with van der Waals surface area (Å²) in [7, 11) is 1.74. The van der Waals surface area contributed by atoms with Gasteiger partial charge in [0.05, 0.1) is 13.2 Å². The third kappa shape index (κ3) is 32.0. The van der Waals surface area contributed by atoms with E-state index in [4.69, 9.17) is 9.47 Å². The summed E-state index contributed by atoms with van der Waals surface area (Å²) in [5, 5.41) is 0. The second kappa shape index (κ2) is 33.9. The highest BCUT2D eigenvalue weighted by Crippen LogP contribution is 2.14. The molecule has 0 unspecified atom stereocenters. The van der Waals surface area contributed by atoms with E-state index < -0.39 is 0 Å². The molecule has 0 saturated carbocycles. The van der Waals surface area contributed by atoms with Crippen LogP contribution >= 0.6 is 0 Å². The molecule has 0 aromatic rings. The summed E-state index contributed by atoms with van der Waals surface area (Å²) < 4.78 is 10.8. The minimum absolute atomic E-state index is 0.710. The third-order valence-corrected chi connectivity index (χ3v) is 7.85. The Kier molecular flexibility index (Phi) is 33.8. The monoisotopic (exact) mass is 526 g/mol. The van der Waals surface area contributed by atoms with Gasteiger partial charge in [-0.05, 0) is 32.4 Å². The normalized spacial score (nSPS) is 11.7. The summed E-state index contributed by atoms with van der Waals surface area (Å²) in [5.74, 6) is 0. The van der Waals surface area contributed by atoms with E-state index in [-0.39, 0.29) is 0 Å². The highest BCUT2D eigenvalue weighted by molar-refractivity contribution is 4.60. The van der Waals surface area contributed by atoms with Crippen LogP contribution in [0.15, 0.2) is 0 Å². The Bertz CT molecular complexity index is 362. The van der Waals surface area contributed by atoms with Gasteiger partial charge in [0.1, 0.15) is 0 Å². The van der Waals surface area contributed by atoms with E-state index in [2.05, 4.69) is 18.7 Å². The van der Waals surface area contributed by atoms with Crippen molar-refractivity contribution in [2.24, 2.45) is 0 Å². The van der Waals surface area contributed by atoms with E-state index in [1.165, 1.54) is 174 Å². The van der Waals surface area contributed by atoms with E-state index in [1.807, 2.05) is 0 Å². The fourth-order valence-electron chi connectivity index (χ4n) is 5.32. The number of nitrogens with zero attached hydrogens (tertiary/aromatic N) is 1. The first-order valence-electron chi connectivity index (χ1n) is 17.1. The minimum Gasteiger partial charge on any atom is -0.382 e. The fraction of sp³-hybridized carbons (Fsp3) is 1.00. The van der Waals surface area contributed by atoms with Crippen LogP contribution < -0.4 is 0 Å². The lowest BCUT2D eigenvalue weighted by atomic mass is 10.0. The van der Waals surface area contributed by atoms with Crippen molar-refractivity contribution in [2.75, 3.05) is 46.6 Å². The van der Waals surface area contributed by atoms with E-state index in [1.54, 1.807) is 7.11 Å². The van der Waals surface area contributed by atoms with Gasteiger partial charge in [0.2, 0.25) is 0 Å². The van der Waals surface area contributed by atoms with Gasteiger partial charge < -0.3 is 14.4 Å². The Morgan fingerprint density at radius 3 is 1.03 bits per heavy atom. The molecule has 0 aromatic heterocycles. The van der Waals surface area contributed by atoms with E-state index in [9.17, 15) is 0 Å². The number of unbranched alkanes of at least 4 members (excludes halogenated alkanes) is 22. The van der Waals surface area contributed by atoms with Crippen LogP contribution in [0.4, 0.5) is 0 Å². The lowest BCUT2D eigenvalue weighted by Crippen LogP contribution is -2.28. The van der Waals surface area contributed by atoms with Gasteiger partial charge in [0, 0.05) is 20.3 Å². The van der Waals surface area contributed by atoms with Crippen LogP contribution in [0, 0.1) is 0 Å². The molecule has 0 aliphatic heterocycles. The fourth-order valence-corrected chi connectivity index (χ4v) is 5.32. The number of methoxy groups -OCH3 is 1. The predicted octanol–water partition coefficient (Wildman–Crippen LogP) is 10.7. The van der Waals surface area contributed by atoms with Crippen LogP contribution in [-0.2, 0) is 9.47 Å². The van der Waals surface area contributed by atoms with Crippen molar-refractivity contribution in [3.8, 4) is 0 Å². The third-order valence-electron chi connectivity index (χ3n) is 7.85. The smallest absolute Gasteiger partial charge is 0.0700 e. The molecule has 37 heavy (non-hydrogen) atoms. The molecule has 0 fully saturated rings. The Morgan fingerprint density at radius 2 is 0.676 bits per heavy atom. The molecule has 0 saturated heterocycles. The maximum absolute atomic E-state index is 5.71. The van der Waals surface area contributed by atoms with Crippen molar-refractivity contribution in [3.05, 3.63) is 0 Å². The quantitative estimate of drug-likeness (QED) is 0.0795. The van der Waals surface area contributed by atoms with E-state index >= 15 is 0 Å². The maximum Gasteiger partial charge on any atom is 0.0700 e. The second-order valence-corrected chi connectivity index (χ2v) is 11.6. The summed E-state index contributed by atoms with van der Waals surface area (Å²) in [6, 6.07) is 0. The summed E-state index contributed by atoms with van der Waals surface area (Å²) in [6.45, 7) is 10.7. The van der Waals surface area contributed by atoms with Gasteiger partial charge in [-0.3, -0.25) is 0 Å². The highest BCUT2D eigenvalue weighted by atomic mass is 16.5. The Balaban J connectivity index is 3.77. The zero-order valence-corrected chi connectivity index (χ0v) is 26.2. The first kappa shape index (κ1) is 36.9. The Morgan fingerprint density at radius 1 is 0.351 bits per heavy atom. The zero-order chi connectivity index (χ0) is 26.9. The van der Waals surface area contributed by atoms with Gasteiger partial charge in [0.25, 0.3) is 0 Å². The van der Waals surface area contributed by atoms with E-state index in [0.717, 1.165) is 19.6 Å². The first-order chi connectivity index (χ1) is 18.3. The van der Waals surface area contributed by atoms with Crippen LogP contribution in [-0.4, -0.2) is 51.5 Å². The molecule has 3 nitrogen and oxygen atoms in total. The molecule has 0 heterocycles. The van der Waals surface area contributed by atoms with Gasteiger partial charge >= 0.3 is 0 Å². The maximum atomic E-state index is 5.71. The van der Waals surface area contributed by atoms with Gasteiger partial charge in [-0.25, -0.2) is 0 Å². The van der Waals surface area contributed by atoms with Crippen LogP contribution in [0.3, 0.4) is 0 Å². The van der Waals surface area contributed by atoms with Crippen LogP contribution in [0.1, 0.15) is 174 Å². The van der Waals surface area contributed by atoms with Gasteiger partial charge in [-0.15, -0.1) is 0 Å². The molecule has 0 N–H and O–H groups in total. The summed E-state index contributed by atoms with van der Waals surface area (Å²) in [4.78, 5) is 2.73. The van der Waals surface area contributed by atoms with Crippen molar-refractivity contribution < 1.29 is 9.47 Å². The van der Waals surface area contributed by atoms with Crippen LogP contribution in [0.25, 0.3) is 0 Å². The molecule has 0 aliphatic carbocycles. The number of hydrogen-bond acceptors (Lipinski definition) is 3. The molecular formula is C34H71NO2. The highest BCUT2D eigenvalue weighted by Gasteiger charge is 2.05. The van der Waals surface area contributed by atoms with Crippen molar-refractivity contribution >= 4 is 0 Å². The Labute approximate surface area is 235 Å². The molecule has 0 atom stereocenters. The zero-order valence-electron chi connectivity index (χ0n) is 26.2. The molecule has 3 heteroatoms. The number of ether oxygens (including phenoxy) is 2. The summed E-state index contributed by atoms with van der Waals surface area (Å²) in [6.07, 6.45) is 35.5. The van der Waals surface area contributed by atoms with Crippen LogP contribution in [0.5, 0.6) is 0 Å². The first-order valence-corrected chi connectivity index (χ1v) is 17.1. The number of hydrogen-bond donors (Lipinski definition) is 0. The minimum atomic E-state index is 0.710. The molecule has 0 bridgehead atoms. The van der Waals surface area contributed by atoms with Gasteiger partial charge in [0.15, 0.2) is 0 Å². The van der Waals surface area contributed by atoms with Crippen molar-refractivity contribution in [1.82, 2.24) is 4.90 Å². The van der Waals surface area contributed by atoms with Crippen molar-refractivity contribution in [3.63, 3.8) is 0 Å². The standard InChI is InChI=1S/C34H71NO2/c1-4-6-8-10-12-14-16-18-20-22-24-26-29-35(31-28-32-37-34-33-36-3)30-27-25-23-21-19-17-15-13-11-9-7-5-2/h4-34H2,1-3H3. The molecule has 224 valence electrons. The summed E-state index contributed by atoms with van der Waals surface area (Å²) >= 11 is 0. The van der Waals surface area contributed by atoms with Crippen molar-refractivity contribution in [2.45, 2.75) is 174 Å². The average molecular weight is 526 g/mol. The lowest BCUT2D eigenvalue weighted by molar-refractivity contribution is 0.0650. The Hall–Kier alpha value is -0.120. The average Bonchev–Trinajstić information content (AvgIpc) is 2.91. The molecule has 0 radical (unpaired) electrons. The van der Waals surface area contributed by atoms with E-state index in [0.29, 0.717) is 6.61 Å². The van der Waals surface area contributed by atoms with Crippen molar-refractivity contribution in [1.29, 1.82) is 0 Å². The second-order valence-electron chi connectivity index (χ2n) is 11.6. The molecular weight excluding hydrogens is 454 g/mol. The molecule has 0 aromatic carbocycles. The van der Waals surface area contributed by atoms with Gasteiger partial charge in [-0.2, -0.15) is 0 Å². The topological polar surface area (TPSA) is 21.7 Å². The number of rotatable bonds is 33. The largest absolute Gasteiger partial charge is 0.382 e. The molecule has 0 aliphatic rings. The molecule has 0 spiro atoms. The molecule has 0 rings (SSSR count).